The Balaban J connectivity index is 2.29. The lowest BCUT2D eigenvalue weighted by Gasteiger charge is -2.00. The minimum Gasteiger partial charge on any atom is -0.365 e. The molecule has 0 aliphatic carbocycles. The van der Waals surface area contributed by atoms with Gasteiger partial charge in [0.25, 0.3) is 11.6 Å². The van der Waals surface area contributed by atoms with Crippen LogP contribution >= 0.6 is 0 Å². The number of nitrogens with zero attached hydrogens (tertiary/aromatic N) is 6. The summed E-state index contributed by atoms with van der Waals surface area (Å²) in [6.45, 7) is 1.72. The summed E-state index contributed by atoms with van der Waals surface area (Å²) >= 11 is 0. The summed E-state index contributed by atoms with van der Waals surface area (Å²) in [5.74, 6) is 0.0660. The molecule has 92 valence electrons. The van der Waals surface area contributed by atoms with E-state index in [0.717, 1.165) is 10.4 Å². The lowest BCUT2D eigenvalue weighted by atomic mass is 10.1. The molecule has 1 heterocycles. The first-order valence-corrected chi connectivity index (χ1v) is 4.92. The summed E-state index contributed by atoms with van der Waals surface area (Å²) in [7, 11) is 0. The SMILES string of the molecule is CC(=Nn1nnnc1N)c1ccc([N+](=O)[O-])cc1. The Morgan fingerprint density at radius 2 is 2.11 bits per heavy atom. The number of hydrogen-bond acceptors (Lipinski definition) is 7. The van der Waals surface area contributed by atoms with Gasteiger partial charge in [0.1, 0.15) is 0 Å². The minimum atomic E-state index is -0.463. The van der Waals surface area contributed by atoms with Gasteiger partial charge in [-0.05, 0) is 35.0 Å². The third-order valence-electron chi connectivity index (χ3n) is 2.22. The summed E-state index contributed by atoms with van der Waals surface area (Å²) in [5, 5.41) is 25.0. The predicted octanol–water partition coefficient (Wildman–Crippen LogP) is 0.436. The second kappa shape index (κ2) is 4.57. The quantitative estimate of drug-likeness (QED) is 0.476. The van der Waals surface area contributed by atoms with Crippen LogP contribution in [0.4, 0.5) is 11.6 Å². The maximum Gasteiger partial charge on any atom is 0.269 e. The Morgan fingerprint density at radius 3 is 2.61 bits per heavy atom. The number of hydrogen-bond donors (Lipinski definition) is 1. The van der Waals surface area contributed by atoms with Crippen LogP contribution in [0.25, 0.3) is 0 Å². The Kier molecular flexibility index (Phi) is 2.96. The van der Waals surface area contributed by atoms with E-state index in [1.54, 1.807) is 19.1 Å². The zero-order valence-electron chi connectivity index (χ0n) is 9.39. The fourth-order valence-corrected chi connectivity index (χ4v) is 1.28. The van der Waals surface area contributed by atoms with Crippen LogP contribution in [0, 0.1) is 10.1 Å². The van der Waals surface area contributed by atoms with Gasteiger partial charge in [0, 0.05) is 12.1 Å². The number of aromatic nitrogens is 4. The summed E-state index contributed by atoms with van der Waals surface area (Å²) in [6.07, 6.45) is 0. The van der Waals surface area contributed by atoms with Crippen molar-refractivity contribution in [1.82, 2.24) is 20.3 Å². The molecule has 9 nitrogen and oxygen atoms in total. The largest absolute Gasteiger partial charge is 0.365 e. The van der Waals surface area contributed by atoms with Crippen molar-refractivity contribution in [2.75, 3.05) is 5.73 Å². The van der Waals surface area contributed by atoms with Gasteiger partial charge in [-0.1, -0.05) is 9.89 Å². The van der Waals surface area contributed by atoms with Gasteiger partial charge in [0.05, 0.1) is 10.6 Å². The second-order valence-corrected chi connectivity index (χ2v) is 3.42. The van der Waals surface area contributed by atoms with Crippen LogP contribution < -0.4 is 5.73 Å². The number of nitrogen functional groups attached to an aromatic ring is 1. The number of rotatable bonds is 3. The fourth-order valence-electron chi connectivity index (χ4n) is 1.28. The predicted molar refractivity (Wildman–Crippen MR) is 62.9 cm³/mol. The smallest absolute Gasteiger partial charge is 0.269 e. The van der Waals surface area contributed by atoms with Crippen LogP contribution in [0.3, 0.4) is 0 Å². The van der Waals surface area contributed by atoms with Crippen LogP contribution in [0.15, 0.2) is 29.4 Å². The molecular formula is C9H9N7O2. The molecule has 0 aliphatic heterocycles. The number of nitro groups is 1. The topological polar surface area (TPSA) is 125 Å². The van der Waals surface area contributed by atoms with E-state index >= 15 is 0 Å². The van der Waals surface area contributed by atoms with Crippen molar-refractivity contribution in [2.24, 2.45) is 5.10 Å². The van der Waals surface area contributed by atoms with Crippen molar-refractivity contribution < 1.29 is 4.92 Å². The molecule has 0 aliphatic rings. The highest BCUT2D eigenvalue weighted by atomic mass is 16.6. The molecule has 18 heavy (non-hydrogen) atoms. The van der Waals surface area contributed by atoms with Gasteiger partial charge in [-0.3, -0.25) is 10.1 Å². The summed E-state index contributed by atoms with van der Waals surface area (Å²) in [4.78, 5) is 11.1. The molecule has 0 saturated carbocycles. The third-order valence-corrected chi connectivity index (χ3v) is 2.22. The standard InChI is InChI=1S/C9H9N7O2/c1-6(12-15-9(10)11-13-14-15)7-2-4-8(5-3-7)16(17)18/h2-5H,1H3,(H2,10,11,14). The zero-order valence-corrected chi connectivity index (χ0v) is 9.39. The molecule has 0 atom stereocenters. The highest BCUT2D eigenvalue weighted by molar-refractivity contribution is 5.98. The van der Waals surface area contributed by atoms with Gasteiger partial charge < -0.3 is 5.73 Å². The van der Waals surface area contributed by atoms with E-state index in [2.05, 4.69) is 20.6 Å². The van der Waals surface area contributed by atoms with E-state index in [1.165, 1.54) is 12.1 Å². The summed E-state index contributed by atoms with van der Waals surface area (Å²) < 4.78 is 0. The lowest BCUT2D eigenvalue weighted by molar-refractivity contribution is -0.384. The zero-order chi connectivity index (χ0) is 13.1. The average Bonchev–Trinajstić information content (AvgIpc) is 2.75. The molecule has 0 saturated heterocycles. The molecule has 2 aromatic rings. The molecule has 1 aromatic carbocycles. The van der Waals surface area contributed by atoms with Crippen molar-refractivity contribution in [2.45, 2.75) is 6.92 Å². The number of tetrazole rings is 1. The molecule has 0 radical (unpaired) electrons. The number of anilines is 1. The molecule has 0 fully saturated rings. The molecule has 0 unspecified atom stereocenters. The van der Waals surface area contributed by atoms with Crippen LogP contribution in [-0.2, 0) is 0 Å². The fraction of sp³-hybridized carbons (Fsp3) is 0.111. The number of nitrogens with two attached hydrogens (primary N) is 1. The van der Waals surface area contributed by atoms with E-state index in [0.29, 0.717) is 5.71 Å². The van der Waals surface area contributed by atoms with E-state index in [1.807, 2.05) is 0 Å². The Morgan fingerprint density at radius 1 is 1.44 bits per heavy atom. The van der Waals surface area contributed by atoms with Gasteiger partial charge in [-0.15, -0.1) is 0 Å². The Labute approximate surface area is 101 Å². The maximum absolute atomic E-state index is 10.5. The highest BCUT2D eigenvalue weighted by Gasteiger charge is 2.06. The first-order valence-electron chi connectivity index (χ1n) is 4.92. The van der Waals surface area contributed by atoms with Gasteiger partial charge >= 0.3 is 0 Å². The number of benzene rings is 1. The second-order valence-electron chi connectivity index (χ2n) is 3.42. The molecule has 2 N–H and O–H groups in total. The van der Waals surface area contributed by atoms with Crippen LogP contribution in [0.2, 0.25) is 0 Å². The van der Waals surface area contributed by atoms with Crippen molar-refractivity contribution in [3.63, 3.8) is 0 Å². The first kappa shape index (κ1) is 11.6. The van der Waals surface area contributed by atoms with Gasteiger partial charge in [-0.2, -0.15) is 5.10 Å². The van der Waals surface area contributed by atoms with Crippen molar-refractivity contribution in [1.29, 1.82) is 0 Å². The highest BCUT2D eigenvalue weighted by Crippen LogP contribution is 2.12. The van der Waals surface area contributed by atoms with Crippen molar-refractivity contribution >= 4 is 17.3 Å². The average molecular weight is 247 g/mol. The van der Waals surface area contributed by atoms with E-state index in [4.69, 9.17) is 5.73 Å². The molecule has 0 spiro atoms. The van der Waals surface area contributed by atoms with E-state index < -0.39 is 4.92 Å². The van der Waals surface area contributed by atoms with Gasteiger partial charge in [-0.25, -0.2) is 0 Å². The van der Waals surface area contributed by atoms with E-state index in [-0.39, 0.29) is 11.6 Å². The summed E-state index contributed by atoms with van der Waals surface area (Å²) in [6, 6.07) is 5.99. The van der Waals surface area contributed by atoms with Gasteiger partial charge in [0.2, 0.25) is 0 Å². The monoisotopic (exact) mass is 247 g/mol. The van der Waals surface area contributed by atoms with Gasteiger partial charge in [0.15, 0.2) is 0 Å². The first-order chi connectivity index (χ1) is 8.58. The molecule has 0 bridgehead atoms. The maximum atomic E-state index is 10.5. The van der Waals surface area contributed by atoms with Crippen LogP contribution in [0.1, 0.15) is 12.5 Å². The summed E-state index contributed by atoms with van der Waals surface area (Å²) in [5.41, 5.74) is 6.79. The molecule has 1 aromatic heterocycles. The number of nitro benzene ring substituents is 1. The minimum absolute atomic E-state index is 0.0217. The van der Waals surface area contributed by atoms with Crippen LogP contribution in [0.5, 0.6) is 0 Å². The van der Waals surface area contributed by atoms with E-state index in [9.17, 15) is 10.1 Å². The van der Waals surface area contributed by atoms with Crippen molar-refractivity contribution in [3.05, 3.63) is 39.9 Å². The molecule has 9 heteroatoms. The van der Waals surface area contributed by atoms with Crippen molar-refractivity contribution in [3.8, 4) is 0 Å². The molecular weight excluding hydrogens is 238 g/mol. The third kappa shape index (κ3) is 2.29. The Hall–Kier alpha value is -2.84. The molecule has 2 rings (SSSR count). The molecule has 0 amide bonds. The number of non-ortho nitro benzene ring substituents is 1. The van der Waals surface area contributed by atoms with Crippen LogP contribution in [-0.4, -0.2) is 31.0 Å². The Bertz CT molecular complexity index is 602. The lowest BCUT2D eigenvalue weighted by Crippen LogP contribution is -2.04. The normalized spacial score (nSPS) is 11.5.